The maximum atomic E-state index is 6.34. The number of ether oxygens (including phenoxy) is 2. The summed E-state index contributed by atoms with van der Waals surface area (Å²) >= 11 is 3.67. The molecule has 16 rings (SSSR count). The maximum absolute atomic E-state index is 6.34. The van der Waals surface area contributed by atoms with E-state index in [2.05, 4.69) is 368 Å². The summed E-state index contributed by atoms with van der Waals surface area (Å²) in [6, 6.07) is 80.8. The van der Waals surface area contributed by atoms with E-state index < -0.39 is 0 Å². The molecule has 14 aromatic carbocycles. The van der Waals surface area contributed by atoms with Crippen LogP contribution in [0.2, 0.25) is 0 Å². The predicted octanol–water partition coefficient (Wildman–Crippen LogP) is 38.6. The van der Waals surface area contributed by atoms with Crippen molar-refractivity contribution in [1.29, 1.82) is 0 Å². The Labute approximate surface area is 785 Å². The van der Waals surface area contributed by atoms with Crippen molar-refractivity contribution in [3.05, 3.63) is 295 Å². The SMILES string of the molecule is CCCCC(CC)Cc1c(-c2ccc(C)cc2)c2ccc(C)cc2c2cc(C)ccc12.CCCCC(CC)Cc1c(-c2cccs2)c2ccc(C)cc2c2cc(C)ccc12.CCCCC(CC)Cc1c(CC(CC)CCCC)c2ccc(C)cc2c2cc(C)ccc12.Cc1ccc2c(-c3ccc(OCC(C)C)c(OCC(C)C)c3)c(-c3cccs3)c3ccc(C)cc3c2c1. The van der Waals surface area contributed by atoms with Gasteiger partial charge >= 0.3 is 0 Å². The molecule has 0 amide bonds. The molecule has 0 aliphatic carbocycles. The summed E-state index contributed by atoms with van der Waals surface area (Å²) in [7, 11) is 0. The van der Waals surface area contributed by atoms with Gasteiger partial charge in [-0.2, -0.15) is 0 Å². The second-order valence-corrected chi connectivity index (χ2v) is 41.1. The van der Waals surface area contributed by atoms with Gasteiger partial charge in [-0.1, -0.05) is 424 Å². The number of fused-ring (bicyclic) bond motifs is 12. The van der Waals surface area contributed by atoms with Crippen LogP contribution in [0.1, 0.15) is 258 Å². The smallest absolute Gasteiger partial charge is 0.161 e. The van der Waals surface area contributed by atoms with Gasteiger partial charge in [-0.15, -0.1) is 22.7 Å². The summed E-state index contributed by atoms with van der Waals surface area (Å²) in [4.78, 5) is 2.68. The zero-order chi connectivity index (χ0) is 91.5. The number of benzene rings is 14. The highest BCUT2D eigenvalue weighted by molar-refractivity contribution is 7.14. The molecule has 0 aliphatic rings. The Morgan fingerprint density at radius 1 is 0.240 bits per heavy atom. The molecule has 4 atom stereocenters. The van der Waals surface area contributed by atoms with Crippen LogP contribution in [0.4, 0.5) is 0 Å². The van der Waals surface area contributed by atoms with Crippen molar-refractivity contribution in [2.75, 3.05) is 13.2 Å². The van der Waals surface area contributed by atoms with E-state index in [0.717, 1.165) is 47.2 Å². The Balaban J connectivity index is 0.000000147. The van der Waals surface area contributed by atoms with Gasteiger partial charge in [0.2, 0.25) is 0 Å². The molecular formula is C125H150O2S2. The molecule has 0 spiro atoms. The lowest BCUT2D eigenvalue weighted by atomic mass is 9.80. The molecule has 674 valence electrons. The van der Waals surface area contributed by atoms with Crippen LogP contribution in [0.15, 0.2) is 223 Å². The lowest BCUT2D eigenvalue weighted by Crippen LogP contribution is -2.11. The Hall–Kier alpha value is -9.84. The second kappa shape index (κ2) is 45.8. The zero-order valence-electron chi connectivity index (χ0n) is 82.5. The Bertz CT molecular complexity index is 6340. The standard InChI is InChI=1S/C34H36O2S.C32H46.C31H36.C28H32S/c1-21(2)19-35-30-14-11-25(18-31(30)36-20-22(3)4)33-26-12-9-23(5)16-28(26)29-17-24(6)10-13-27(29)34(33)32-8-7-15-37-32;1-7-11-13-25(9-3)21-31-27-17-15-23(5)19-29(27)30-20-24(6)16-18-28(30)32(31)22-26(10-4)14-12-8-2;1-6-8-9-24(7-2)20-30-26-16-12-22(4)18-28(26)29-19-23(5)13-17-27(29)31(30)25-14-10-21(3)11-15-25;1-5-7-9-21(6-2)18-26-22-13-11-19(3)16-24(22)25-17-20(4)12-14-23(25)28(26)27-10-8-15-29-27/h7-18,21-22H,19-20H2,1-6H3;15-20,25-26H,7-14,21-22H2,1-6H3;10-19,24H,6-9,20H2,1-5H3;8,10-17,21H,5-7,9,18H2,1-4H3. The van der Waals surface area contributed by atoms with Crippen molar-refractivity contribution in [3.63, 3.8) is 0 Å². The fraction of sp³-hybridized carbons (Fsp3) is 0.392. The van der Waals surface area contributed by atoms with E-state index in [-0.39, 0.29) is 0 Å². The van der Waals surface area contributed by atoms with Crippen LogP contribution in [-0.4, -0.2) is 13.2 Å². The van der Waals surface area contributed by atoms with Crippen molar-refractivity contribution in [1.82, 2.24) is 0 Å². The normalized spacial score (nSPS) is 12.6. The van der Waals surface area contributed by atoms with Gasteiger partial charge in [-0.25, -0.2) is 0 Å². The lowest BCUT2D eigenvalue weighted by molar-refractivity contribution is 0.229. The van der Waals surface area contributed by atoms with E-state index >= 15 is 0 Å². The number of unbranched alkanes of at least 4 members (excludes halogenated alkanes) is 4. The highest BCUT2D eigenvalue weighted by Crippen LogP contribution is 2.50. The highest BCUT2D eigenvalue weighted by atomic mass is 32.1. The second-order valence-electron chi connectivity index (χ2n) is 39.2. The van der Waals surface area contributed by atoms with Gasteiger partial charge < -0.3 is 9.47 Å². The first kappa shape index (κ1) is 96.7. The molecule has 0 N–H and O–H groups in total. The zero-order valence-corrected chi connectivity index (χ0v) is 84.1. The largest absolute Gasteiger partial charge is 0.489 e. The molecule has 2 nitrogen and oxygen atoms in total. The van der Waals surface area contributed by atoms with Crippen molar-refractivity contribution < 1.29 is 9.47 Å². The van der Waals surface area contributed by atoms with E-state index in [4.69, 9.17) is 9.47 Å². The van der Waals surface area contributed by atoms with Crippen LogP contribution in [-0.2, 0) is 25.7 Å². The van der Waals surface area contributed by atoms with Crippen molar-refractivity contribution >= 4 is 109 Å². The highest BCUT2D eigenvalue weighted by Gasteiger charge is 2.27. The Morgan fingerprint density at radius 3 is 0.837 bits per heavy atom. The quantitative estimate of drug-likeness (QED) is 0.0374. The average Bonchev–Trinajstić information content (AvgIpc) is 1.58. The van der Waals surface area contributed by atoms with Crippen LogP contribution in [0.3, 0.4) is 0 Å². The third kappa shape index (κ3) is 23.4. The van der Waals surface area contributed by atoms with Gasteiger partial charge in [0, 0.05) is 20.9 Å². The third-order valence-electron chi connectivity index (χ3n) is 27.6. The van der Waals surface area contributed by atoms with E-state index in [1.54, 1.807) is 28.0 Å². The monoisotopic (exact) mass is 1750 g/mol. The minimum atomic E-state index is 0.427. The lowest BCUT2D eigenvalue weighted by Gasteiger charge is -2.25. The number of thiophene rings is 2. The number of rotatable bonds is 34. The minimum Gasteiger partial charge on any atom is -0.489 e. The van der Waals surface area contributed by atoms with Gasteiger partial charge in [-0.3, -0.25) is 0 Å². The molecule has 0 radical (unpaired) electrons. The first-order chi connectivity index (χ1) is 62.5. The molecule has 16 aromatic rings. The Morgan fingerprint density at radius 2 is 0.512 bits per heavy atom. The van der Waals surface area contributed by atoms with Crippen molar-refractivity contribution in [3.8, 4) is 54.6 Å². The molecule has 0 saturated carbocycles. The first-order valence-corrected chi connectivity index (χ1v) is 51.6. The summed E-state index contributed by atoms with van der Waals surface area (Å²) in [6.45, 7) is 48.6. The molecule has 129 heavy (non-hydrogen) atoms. The molecule has 0 aliphatic heterocycles. The fourth-order valence-corrected chi connectivity index (χ4v) is 21.7. The van der Waals surface area contributed by atoms with Crippen LogP contribution < -0.4 is 9.47 Å². The summed E-state index contributed by atoms with van der Waals surface area (Å²) in [5.74, 6) is 5.56. The van der Waals surface area contributed by atoms with Crippen LogP contribution in [0.5, 0.6) is 11.5 Å². The maximum Gasteiger partial charge on any atom is 0.161 e. The fourth-order valence-electron chi connectivity index (χ4n) is 20.1. The molecule has 0 fully saturated rings. The van der Waals surface area contributed by atoms with Crippen molar-refractivity contribution in [2.45, 2.75) is 274 Å². The van der Waals surface area contributed by atoms with E-state index in [9.17, 15) is 0 Å². The summed E-state index contributed by atoms with van der Waals surface area (Å²) < 4.78 is 12.5. The number of hydrogen-bond donors (Lipinski definition) is 0. The van der Waals surface area contributed by atoms with Crippen LogP contribution in [0, 0.1) is 97.8 Å². The Kier molecular flexibility index (Phi) is 34.3. The third-order valence-corrected chi connectivity index (χ3v) is 29.3. The van der Waals surface area contributed by atoms with Gasteiger partial charge in [0.15, 0.2) is 11.5 Å². The molecule has 2 aromatic heterocycles. The van der Waals surface area contributed by atoms with Gasteiger partial charge in [0.05, 0.1) is 13.2 Å². The molecular weight excluding hydrogens is 1600 g/mol. The van der Waals surface area contributed by atoms with Crippen LogP contribution >= 0.6 is 22.7 Å². The first-order valence-electron chi connectivity index (χ1n) is 49.8. The molecule has 2 heterocycles. The molecule has 4 unspecified atom stereocenters. The topological polar surface area (TPSA) is 18.5 Å². The number of aryl methyl sites for hydroxylation is 9. The predicted molar refractivity (Wildman–Crippen MR) is 575 cm³/mol. The summed E-state index contributed by atoms with van der Waals surface area (Å²) in [5.41, 5.74) is 26.3. The van der Waals surface area contributed by atoms with Crippen LogP contribution in [0.25, 0.3) is 129 Å². The van der Waals surface area contributed by atoms with E-state index in [1.807, 2.05) is 11.3 Å². The van der Waals surface area contributed by atoms with E-state index in [1.165, 1.54) is 301 Å². The summed E-state index contributed by atoms with van der Waals surface area (Å²) in [6.07, 6.45) is 25.7. The molecule has 0 bridgehead atoms. The molecule has 0 saturated heterocycles. The minimum absolute atomic E-state index is 0.427. The van der Waals surface area contributed by atoms with Gasteiger partial charge in [0.25, 0.3) is 0 Å². The number of hydrogen-bond acceptors (Lipinski definition) is 4. The van der Waals surface area contributed by atoms with Crippen molar-refractivity contribution in [2.24, 2.45) is 35.5 Å². The van der Waals surface area contributed by atoms with E-state index in [0.29, 0.717) is 25.0 Å². The van der Waals surface area contributed by atoms with Gasteiger partial charge in [0.1, 0.15) is 0 Å². The molecule has 4 heteroatoms. The summed E-state index contributed by atoms with van der Waals surface area (Å²) in [5, 5.41) is 26.8. The van der Waals surface area contributed by atoms with Gasteiger partial charge in [-0.05, 0) is 289 Å². The average molecular weight is 1750 g/mol.